The first kappa shape index (κ1) is 37.6. The first-order valence-electron chi connectivity index (χ1n) is 21.2. The van der Waals surface area contributed by atoms with Gasteiger partial charge in [0, 0.05) is 44.0 Å². The number of rotatable bonds is 8. The molecule has 5 heteroatoms. The summed E-state index contributed by atoms with van der Waals surface area (Å²) in [6, 6.07) is 79.3. The molecule has 0 aliphatic heterocycles. The molecule has 0 saturated carbocycles. The molecule has 9 aromatic carbocycles. The van der Waals surface area contributed by atoms with E-state index in [4.69, 9.17) is 9.98 Å². The van der Waals surface area contributed by atoms with Gasteiger partial charge in [-0.05, 0) is 89.1 Å². The Labute approximate surface area is 365 Å². The summed E-state index contributed by atoms with van der Waals surface area (Å²) < 4.78 is 4.78. The highest BCUT2D eigenvalue weighted by Crippen LogP contribution is 2.38. The largest absolute Gasteiger partial charge is 0.309 e. The third-order valence-corrected chi connectivity index (χ3v) is 11.9. The Kier molecular flexibility index (Phi) is 9.68. The number of hydrogen-bond acceptors (Lipinski definition) is 1. The number of fused-ring (bicyclic) bond motifs is 6. The second-order valence-corrected chi connectivity index (χ2v) is 15.7. The lowest BCUT2D eigenvalue weighted by molar-refractivity contribution is 1.06. The highest BCUT2D eigenvalue weighted by molar-refractivity contribution is 6.14. The molecule has 0 spiro atoms. The van der Waals surface area contributed by atoms with E-state index in [2.05, 4.69) is 197 Å². The van der Waals surface area contributed by atoms with Crippen molar-refractivity contribution in [3.63, 3.8) is 0 Å². The molecular formula is C58H41N5. The van der Waals surface area contributed by atoms with E-state index in [0.29, 0.717) is 18.2 Å². The van der Waals surface area contributed by atoms with E-state index in [1.165, 1.54) is 32.6 Å². The van der Waals surface area contributed by atoms with E-state index >= 15 is 0 Å². The number of benzene rings is 9. The maximum absolute atomic E-state index is 5.06. The molecule has 63 heavy (non-hydrogen) atoms. The maximum atomic E-state index is 5.06. The van der Waals surface area contributed by atoms with E-state index in [1.807, 2.05) is 48.5 Å². The smallest absolute Gasteiger partial charge is 0.161 e. The zero-order valence-electron chi connectivity index (χ0n) is 34.5. The second kappa shape index (κ2) is 16.2. The summed E-state index contributed by atoms with van der Waals surface area (Å²) in [5.74, 6) is 1.13. The van der Waals surface area contributed by atoms with Gasteiger partial charge in [0.25, 0.3) is 0 Å². The van der Waals surface area contributed by atoms with Gasteiger partial charge < -0.3 is 9.13 Å². The fourth-order valence-corrected chi connectivity index (χ4v) is 8.92. The molecule has 0 saturated heterocycles. The van der Waals surface area contributed by atoms with Crippen molar-refractivity contribution >= 4 is 62.0 Å². The quantitative estimate of drug-likeness (QED) is 0.108. The molecular weight excluding hydrogens is 767 g/mol. The van der Waals surface area contributed by atoms with Gasteiger partial charge in [-0.3, -0.25) is 4.99 Å². The first-order valence-corrected chi connectivity index (χ1v) is 21.2. The minimum absolute atomic E-state index is 0.485. The number of aliphatic imine (C=N–C) groups is 3. The van der Waals surface area contributed by atoms with Crippen LogP contribution >= 0.6 is 0 Å². The van der Waals surface area contributed by atoms with Crippen LogP contribution in [-0.4, -0.2) is 27.5 Å². The number of aromatic nitrogens is 2. The molecule has 0 amide bonds. The topological polar surface area (TPSA) is 46.9 Å². The van der Waals surface area contributed by atoms with Crippen LogP contribution in [0.3, 0.4) is 0 Å². The van der Waals surface area contributed by atoms with Crippen LogP contribution in [0, 0.1) is 0 Å². The van der Waals surface area contributed by atoms with Gasteiger partial charge in [-0.1, -0.05) is 170 Å². The molecule has 0 N–H and O–H groups in total. The van der Waals surface area contributed by atoms with Gasteiger partial charge >= 0.3 is 0 Å². The summed E-state index contributed by atoms with van der Waals surface area (Å²) in [5, 5.41) is 4.90. The Balaban J connectivity index is 1.02. The minimum atomic E-state index is 0.485. The number of para-hydroxylation sites is 3. The van der Waals surface area contributed by atoms with Crippen molar-refractivity contribution in [1.29, 1.82) is 0 Å². The first-order chi connectivity index (χ1) is 31.2. The highest BCUT2D eigenvalue weighted by atomic mass is 15.0. The molecule has 5 nitrogen and oxygen atoms in total. The van der Waals surface area contributed by atoms with Crippen LogP contribution in [0.1, 0.15) is 16.7 Å². The normalized spacial score (nSPS) is 12.1. The van der Waals surface area contributed by atoms with Crippen LogP contribution in [0.5, 0.6) is 0 Å². The van der Waals surface area contributed by atoms with Crippen molar-refractivity contribution < 1.29 is 0 Å². The molecule has 11 aromatic rings. The Morgan fingerprint density at radius 1 is 0.365 bits per heavy atom. The summed E-state index contributed by atoms with van der Waals surface area (Å²) in [6.07, 6.45) is 0. The van der Waals surface area contributed by atoms with Crippen LogP contribution in [0.25, 0.3) is 77.2 Å². The average molecular weight is 808 g/mol. The summed E-state index contributed by atoms with van der Waals surface area (Å²) in [7, 11) is 0. The fourth-order valence-electron chi connectivity index (χ4n) is 8.92. The van der Waals surface area contributed by atoms with Gasteiger partial charge in [-0.15, -0.1) is 0 Å². The molecule has 0 fully saturated rings. The van der Waals surface area contributed by atoms with Gasteiger partial charge in [0.15, 0.2) is 11.7 Å². The molecule has 0 aliphatic carbocycles. The fraction of sp³-hybridized carbons (Fsp3) is 0.0172. The Bertz CT molecular complexity index is 3540. The average Bonchev–Trinajstić information content (AvgIpc) is 3.87. The predicted octanol–water partition coefficient (Wildman–Crippen LogP) is 14.3. The van der Waals surface area contributed by atoms with Gasteiger partial charge in [-0.25, -0.2) is 9.98 Å². The third-order valence-electron chi connectivity index (χ3n) is 11.9. The van der Waals surface area contributed by atoms with Gasteiger partial charge in [-0.2, -0.15) is 0 Å². The lowest BCUT2D eigenvalue weighted by atomic mass is 10.0. The summed E-state index contributed by atoms with van der Waals surface area (Å²) in [6.45, 7) is 4.35. The van der Waals surface area contributed by atoms with Crippen molar-refractivity contribution in [2.45, 2.75) is 6.54 Å². The van der Waals surface area contributed by atoms with Crippen molar-refractivity contribution in [3.05, 3.63) is 241 Å². The number of amidine groups is 2. The Morgan fingerprint density at radius 2 is 0.841 bits per heavy atom. The van der Waals surface area contributed by atoms with Crippen molar-refractivity contribution in [1.82, 2.24) is 9.13 Å². The zero-order chi connectivity index (χ0) is 42.1. The predicted molar refractivity (Wildman–Crippen MR) is 265 cm³/mol. The van der Waals surface area contributed by atoms with Crippen LogP contribution in [0.4, 0.5) is 0 Å². The third kappa shape index (κ3) is 7.02. The molecule has 2 heterocycles. The van der Waals surface area contributed by atoms with Crippen LogP contribution < -0.4 is 0 Å². The van der Waals surface area contributed by atoms with Gasteiger partial charge in [0.1, 0.15) is 0 Å². The highest BCUT2D eigenvalue weighted by Gasteiger charge is 2.17. The van der Waals surface area contributed by atoms with Gasteiger partial charge in [0.2, 0.25) is 0 Å². The minimum Gasteiger partial charge on any atom is -0.309 e. The summed E-state index contributed by atoms with van der Waals surface area (Å²) in [4.78, 5) is 14.4. The van der Waals surface area contributed by atoms with E-state index in [0.717, 1.165) is 61.4 Å². The van der Waals surface area contributed by atoms with Crippen molar-refractivity contribution in [3.8, 4) is 33.6 Å². The van der Waals surface area contributed by atoms with Gasteiger partial charge in [0.05, 0.1) is 28.6 Å². The van der Waals surface area contributed by atoms with Crippen molar-refractivity contribution in [2.75, 3.05) is 0 Å². The van der Waals surface area contributed by atoms with Crippen LogP contribution in [0.15, 0.2) is 239 Å². The molecule has 0 radical (unpaired) electrons. The lowest BCUT2D eigenvalue weighted by Gasteiger charge is -2.12. The standard InChI is InChI=1S/C58H41N5/c1-59-57(41-19-7-3-8-20-41)61-58(60-39-40-17-5-2-6-18-40)46-23-15-21-42(35-46)44-31-33-52-50-28-12-14-30-54(50)63(56(52)37-44)48-26-16-22-43(36-48)45-32-34-51-49-27-11-13-29-53(49)62(55(51)38-45)47-24-9-4-10-25-47/h2-38H,1,39H2. The van der Waals surface area contributed by atoms with E-state index in [1.54, 1.807) is 0 Å². The van der Waals surface area contributed by atoms with Crippen LogP contribution in [0.2, 0.25) is 0 Å². The zero-order valence-corrected chi connectivity index (χ0v) is 34.5. The SMILES string of the molecule is C=NC(=NC(=NCc1ccccc1)c1cccc(-c2ccc3c4ccccc4n(-c4cccc(-c5ccc6c7ccccc7n(-c7ccccc7)c6c5)c4)c3c2)c1)c1ccccc1. The van der Waals surface area contributed by atoms with E-state index in [-0.39, 0.29) is 0 Å². The van der Waals surface area contributed by atoms with Crippen molar-refractivity contribution in [2.24, 2.45) is 15.0 Å². The Morgan fingerprint density at radius 3 is 1.48 bits per heavy atom. The summed E-state index contributed by atoms with van der Waals surface area (Å²) >= 11 is 0. The maximum Gasteiger partial charge on any atom is 0.161 e. The molecule has 2 aromatic heterocycles. The molecule has 0 atom stereocenters. The van der Waals surface area contributed by atoms with E-state index in [9.17, 15) is 0 Å². The lowest BCUT2D eigenvalue weighted by Crippen LogP contribution is -2.05. The molecule has 0 unspecified atom stereocenters. The Hall–Kier alpha value is -8.41. The molecule has 0 bridgehead atoms. The van der Waals surface area contributed by atoms with Crippen LogP contribution in [-0.2, 0) is 6.54 Å². The molecule has 11 rings (SSSR count). The molecule has 298 valence electrons. The van der Waals surface area contributed by atoms with E-state index < -0.39 is 0 Å². The monoisotopic (exact) mass is 807 g/mol. The molecule has 0 aliphatic rings. The summed E-state index contributed by atoms with van der Waals surface area (Å²) in [5.41, 5.74) is 14.3. The number of hydrogen-bond donors (Lipinski definition) is 0. The second-order valence-electron chi connectivity index (χ2n) is 15.7. The number of nitrogens with zero attached hydrogens (tertiary/aromatic N) is 5.